The molecule has 0 saturated carbocycles. The molecule has 0 saturated heterocycles. The summed E-state index contributed by atoms with van der Waals surface area (Å²) in [6.07, 6.45) is 0. The van der Waals surface area contributed by atoms with Gasteiger partial charge in [-0.25, -0.2) is 9.78 Å². The lowest BCUT2D eigenvalue weighted by atomic mass is 10.3. The number of aryl methyl sites for hydroxylation is 1. The molecule has 0 aromatic carbocycles. The van der Waals surface area contributed by atoms with Crippen LogP contribution in [0.1, 0.15) is 17.5 Å². The number of hydrogen-bond donors (Lipinski definition) is 3. The fourth-order valence-electron chi connectivity index (χ4n) is 0.966. The molecule has 1 aromatic heterocycles. The van der Waals surface area contributed by atoms with Gasteiger partial charge in [0, 0.05) is 4.88 Å². The van der Waals surface area contributed by atoms with Crippen LogP contribution in [0.3, 0.4) is 0 Å². The Labute approximate surface area is 96.7 Å². The second-order valence-corrected chi connectivity index (χ2v) is 4.19. The van der Waals surface area contributed by atoms with Crippen molar-refractivity contribution in [1.29, 1.82) is 0 Å². The van der Waals surface area contributed by atoms with Crippen LogP contribution in [0, 0.1) is 6.92 Å². The van der Waals surface area contributed by atoms with Gasteiger partial charge in [-0.3, -0.25) is 4.79 Å². The van der Waals surface area contributed by atoms with Gasteiger partial charge in [0.25, 0.3) is 0 Å². The quantitative estimate of drug-likeness (QED) is 0.726. The molecule has 0 spiro atoms. The van der Waals surface area contributed by atoms with Crippen molar-refractivity contribution in [3.63, 3.8) is 0 Å². The zero-order chi connectivity index (χ0) is 12.1. The average molecular weight is 243 g/mol. The SMILES string of the molecule is Cc1ncsc1CNC(=O)NC(C)C(=O)O. The van der Waals surface area contributed by atoms with E-state index in [-0.39, 0.29) is 0 Å². The molecule has 1 unspecified atom stereocenters. The van der Waals surface area contributed by atoms with E-state index in [2.05, 4.69) is 15.6 Å². The average Bonchev–Trinajstić information content (AvgIpc) is 2.61. The molecule has 0 fully saturated rings. The van der Waals surface area contributed by atoms with Gasteiger partial charge in [-0.15, -0.1) is 11.3 Å². The Kier molecular flexibility index (Phi) is 4.24. The molecule has 1 aromatic rings. The first kappa shape index (κ1) is 12.4. The molecule has 0 bridgehead atoms. The highest BCUT2D eigenvalue weighted by Crippen LogP contribution is 2.10. The summed E-state index contributed by atoms with van der Waals surface area (Å²) in [4.78, 5) is 26.7. The predicted octanol–water partition coefficient (Wildman–Crippen LogP) is 0.724. The van der Waals surface area contributed by atoms with Gasteiger partial charge in [-0.1, -0.05) is 0 Å². The molecule has 16 heavy (non-hydrogen) atoms. The van der Waals surface area contributed by atoms with Crippen LogP contribution in [0.5, 0.6) is 0 Å². The normalized spacial score (nSPS) is 11.9. The highest BCUT2D eigenvalue weighted by Gasteiger charge is 2.13. The Hall–Kier alpha value is -1.63. The molecule has 0 aliphatic carbocycles. The van der Waals surface area contributed by atoms with Gasteiger partial charge in [0.15, 0.2) is 0 Å². The lowest BCUT2D eigenvalue weighted by Gasteiger charge is -2.10. The highest BCUT2D eigenvalue weighted by atomic mass is 32.1. The van der Waals surface area contributed by atoms with E-state index in [4.69, 9.17) is 5.11 Å². The van der Waals surface area contributed by atoms with Crippen LogP contribution in [-0.2, 0) is 11.3 Å². The van der Waals surface area contributed by atoms with E-state index in [1.165, 1.54) is 18.3 Å². The molecule has 2 amide bonds. The second-order valence-electron chi connectivity index (χ2n) is 3.25. The standard InChI is InChI=1S/C9H13N3O3S/c1-5-7(16-4-11-5)3-10-9(15)12-6(2)8(13)14/h4,6H,3H2,1-2H3,(H,13,14)(H2,10,12,15). The summed E-state index contributed by atoms with van der Waals surface area (Å²) in [5, 5.41) is 13.4. The van der Waals surface area contributed by atoms with Crippen molar-refractivity contribution in [2.45, 2.75) is 26.4 Å². The van der Waals surface area contributed by atoms with E-state index in [1.54, 1.807) is 5.51 Å². The molecule has 88 valence electrons. The van der Waals surface area contributed by atoms with E-state index < -0.39 is 18.0 Å². The molecule has 0 aliphatic heterocycles. The van der Waals surface area contributed by atoms with Crippen molar-refractivity contribution in [1.82, 2.24) is 15.6 Å². The summed E-state index contributed by atoms with van der Waals surface area (Å²) in [7, 11) is 0. The Morgan fingerprint density at radius 2 is 2.31 bits per heavy atom. The second kappa shape index (κ2) is 5.45. The third-order valence-electron chi connectivity index (χ3n) is 1.97. The van der Waals surface area contributed by atoms with Crippen LogP contribution < -0.4 is 10.6 Å². The zero-order valence-corrected chi connectivity index (χ0v) is 9.80. The number of amides is 2. The number of hydrogen-bond acceptors (Lipinski definition) is 4. The molecule has 0 aliphatic rings. The maximum absolute atomic E-state index is 11.3. The molecular formula is C9H13N3O3S. The molecule has 3 N–H and O–H groups in total. The van der Waals surface area contributed by atoms with Crippen LogP contribution in [0.25, 0.3) is 0 Å². The van der Waals surface area contributed by atoms with Gasteiger partial charge in [0.1, 0.15) is 6.04 Å². The number of carbonyl (C=O) groups excluding carboxylic acids is 1. The van der Waals surface area contributed by atoms with Gasteiger partial charge >= 0.3 is 12.0 Å². The third kappa shape index (κ3) is 3.50. The minimum atomic E-state index is -1.07. The Morgan fingerprint density at radius 3 is 2.81 bits per heavy atom. The molecule has 6 nitrogen and oxygen atoms in total. The minimum absolute atomic E-state index is 0.356. The monoisotopic (exact) mass is 243 g/mol. The van der Waals surface area contributed by atoms with Crippen LogP contribution in [0.15, 0.2) is 5.51 Å². The Balaban J connectivity index is 2.36. The lowest BCUT2D eigenvalue weighted by Crippen LogP contribution is -2.44. The number of aromatic nitrogens is 1. The highest BCUT2D eigenvalue weighted by molar-refractivity contribution is 7.09. The van der Waals surface area contributed by atoms with Gasteiger partial charge in [0.05, 0.1) is 17.7 Å². The topological polar surface area (TPSA) is 91.3 Å². The molecule has 1 atom stereocenters. The number of carboxylic acid groups (broad SMARTS) is 1. The first-order chi connectivity index (χ1) is 7.50. The van der Waals surface area contributed by atoms with Crippen LogP contribution in [0.4, 0.5) is 4.79 Å². The van der Waals surface area contributed by atoms with Crippen molar-refractivity contribution in [3.8, 4) is 0 Å². The largest absolute Gasteiger partial charge is 0.480 e. The molecular weight excluding hydrogens is 230 g/mol. The summed E-state index contributed by atoms with van der Waals surface area (Å²) in [5.41, 5.74) is 2.57. The van der Waals surface area contributed by atoms with E-state index in [0.29, 0.717) is 6.54 Å². The van der Waals surface area contributed by atoms with Crippen molar-refractivity contribution < 1.29 is 14.7 Å². The van der Waals surface area contributed by atoms with Crippen molar-refractivity contribution in [2.24, 2.45) is 0 Å². The van der Waals surface area contributed by atoms with E-state index >= 15 is 0 Å². The van der Waals surface area contributed by atoms with Gasteiger partial charge in [-0.2, -0.15) is 0 Å². The first-order valence-corrected chi connectivity index (χ1v) is 5.54. The summed E-state index contributed by atoms with van der Waals surface area (Å²) in [6.45, 7) is 3.61. The number of aliphatic carboxylic acids is 1. The van der Waals surface area contributed by atoms with Crippen molar-refractivity contribution >= 4 is 23.3 Å². The summed E-state index contributed by atoms with van der Waals surface area (Å²) < 4.78 is 0. The number of thiazole rings is 1. The number of carboxylic acids is 1. The molecule has 0 radical (unpaired) electrons. The van der Waals surface area contributed by atoms with Crippen LogP contribution in [0.2, 0.25) is 0 Å². The zero-order valence-electron chi connectivity index (χ0n) is 8.98. The van der Waals surface area contributed by atoms with Gasteiger partial charge < -0.3 is 15.7 Å². The number of urea groups is 1. The van der Waals surface area contributed by atoms with Crippen molar-refractivity contribution in [2.75, 3.05) is 0 Å². The number of carbonyl (C=O) groups is 2. The maximum Gasteiger partial charge on any atom is 0.325 e. The van der Waals surface area contributed by atoms with E-state index in [0.717, 1.165) is 10.6 Å². The predicted molar refractivity (Wildman–Crippen MR) is 59.3 cm³/mol. The number of rotatable bonds is 4. The fourth-order valence-corrected chi connectivity index (χ4v) is 1.68. The number of nitrogens with zero attached hydrogens (tertiary/aromatic N) is 1. The first-order valence-electron chi connectivity index (χ1n) is 4.67. The fraction of sp³-hybridized carbons (Fsp3) is 0.444. The van der Waals surface area contributed by atoms with E-state index in [9.17, 15) is 9.59 Å². The molecule has 7 heteroatoms. The molecule has 1 heterocycles. The third-order valence-corrected chi connectivity index (χ3v) is 2.91. The smallest absolute Gasteiger partial charge is 0.325 e. The summed E-state index contributed by atoms with van der Waals surface area (Å²) >= 11 is 1.45. The number of nitrogens with one attached hydrogen (secondary N) is 2. The van der Waals surface area contributed by atoms with Crippen LogP contribution >= 0.6 is 11.3 Å². The Morgan fingerprint density at radius 1 is 1.62 bits per heavy atom. The van der Waals surface area contributed by atoms with E-state index in [1.807, 2.05) is 6.92 Å². The minimum Gasteiger partial charge on any atom is -0.480 e. The van der Waals surface area contributed by atoms with Gasteiger partial charge in [-0.05, 0) is 13.8 Å². The summed E-state index contributed by atoms with van der Waals surface area (Å²) in [6, 6.07) is -1.40. The van der Waals surface area contributed by atoms with Crippen molar-refractivity contribution in [3.05, 3.63) is 16.1 Å². The van der Waals surface area contributed by atoms with Crippen LogP contribution in [-0.4, -0.2) is 28.1 Å². The Bertz CT molecular complexity index is 391. The molecule has 1 rings (SSSR count). The van der Waals surface area contributed by atoms with Gasteiger partial charge in [0.2, 0.25) is 0 Å². The summed E-state index contributed by atoms with van der Waals surface area (Å²) in [5.74, 6) is -1.07. The maximum atomic E-state index is 11.3. The lowest BCUT2D eigenvalue weighted by molar-refractivity contribution is -0.138.